The van der Waals surface area contributed by atoms with Crippen LogP contribution in [0.2, 0.25) is 0 Å². The van der Waals surface area contributed by atoms with Crippen LogP contribution in [0.3, 0.4) is 0 Å². The summed E-state index contributed by atoms with van der Waals surface area (Å²) < 4.78 is 1.73. The Kier molecular flexibility index (Phi) is 5.24. The molecule has 0 unspecified atom stereocenters. The van der Waals surface area contributed by atoms with Crippen LogP contribution in [0.4, 0.5) is 5.13 Å². The van der Waals surface area contributed by atoms with Gasteiger partial charge in [0.15, 0.2) is 5.13 Å². The number of anilines is 1. The minimum atomic E-state index is -0.464. The smallest absolute Gasteiger partial charge is 0.237 e. The van der Waals surface area contributed by atoms with Crippen LogP contribution < -0.4 is 5.32 Å². The van der Waals surface area contributed by atoms with Crippen molar-refractivity contribution in [3.8, 4) is 0 Å². The van der Waals surface area contributed by atoms with Gasteiger partial charge in [-0.25, -0.2) is 4.98 Å². The number of carbonyl (C=O) groups is 2. The normalized spacial score (nSPS) is 20.3. The molecule has 0 radical (unpaired) electrons. The number of nitrogens with one attached hydrogen (secondary N) is 1. The Morgan fingerprint density at radius 3 is 2.85 bits per heavy atom. The molecule has 0 aromatic carbocycles. The average Bonchev–Trinajstić information content (AvgIpc) is 3.29. The van der Waals surface area contributed by atoms with Crippen molar-refractivity contribution in [3.05, 3.63) is 29.0 Å². The maximum atomic E-state index is 12.9. The Bertz CT molecular complexity index is 810. The molecule has 2 amide bonds. The Labute approximate surface area is 162 Å². The van der Waals surface area contributed by atoms with Crippen molar-refractivity contribution >= 4 is 28.3 Å². The highest BCUT2D eigenvalue weighted by molar-refractivity contribution is 7.13. The van der Waals surface area contributed by atoms with Gasteiger partial charge in [-0.05, 0) is 18.8 Å². The SMILES string of the molecule is Cn1cc2c(n1)[C@H](C(=O)Nc1nccs1)CN(C(=O)CC1CCCCC1)C2. The summed E-state index contributed by atoms with van der Waals surface area (Å²) in [5.74, 6) is 0.0295. The third-order valence-electron chi connectivity index (χ3n) is 5.55. The quantitative estimate of drug-likeness (QED) is 0.875. The maximum Gasteiger partial charge on any atom is 0.237 e. The number of hydrogen-bond acceptors (Lipinski definition) is 5. The van der Waals surface area contributed by atoms with Gasteiger partial charge in [0.2, 0.25) is 11.8 Å². The van der Waals surface area contributed by atoms with E-state index in [0.717, 1.165) is 24.1 Å². The van der Waals surface area contributed by atoms with Crippen molar-refractivity contribution in [2.24, 2.45) is 13.0 Å². The van der Waals surface area contributed by atoms with Crippen molar-refractivity contribution in [2.45, 2.75) is 51.0 Å². The zero-order chi connectivity index (χ0) is 18.8. The Hall–Kier alpha value is -2.22. The predicted molar refractivity (Wildman–Crippen MR) is 103 cm³/mol. The number of nitrogens with zero attached hydrogens (tertiary/aromatic N) is 4. The standard InChI is InChI=1S/C19H25N5O2S/c1-23-10-14-11-24(16(25)9-13-5-3-2-4-6-13)12-15(17(14)22-23)18(26)21-19-20-7-8-27-19/h7-8,10,13,15H,2-6,9,11-12H2,1H3,(H,20,21,26)/t15-/m1/s1. The molecule has 0 saturated heterocycles. The molecule has 1 aliphatic carbocycles. The molecule has 144 valence electrons. The van der Waals surface area contributed by atoms with Gasteiger partial charge in [0.05, 0.1) is 5.69 Å². The third-order valence-corrected chi connectivity index (χ3v) is 6.24. The molecule has 2 aromatic rings. The highest BCUT2D eigenvalue weighted by Gasteiger charge is 2.36. The molecular formula is C19H25N5O2S. The number of thiazole rings is 1. The fraction of sp³-hybridized carbons (Fsp3) is 0.579. The minimum absolute atomic E-state index is 0.153. The summed E-state index contributed by atoms with van der Waals surface area (Å²) in [5, 5.41) is 9.75. The van der Waals surface area contributed by atoms with E-state index in [1.54, 1.807) is 10.9 Å². The monoisotopic (exact) mass is 387 g/mol. The van der Waals surface area contributed by atoms with Crippen LogP contribution in [0.25, 0.3) is 0 Å². The molecule has 0 bridgehead atoms. The molecule has 27 heavy (non-hydrogen) atoms. The van der Waals surface area contributed by atoms with Crippen molar-refractivity contribution in [1.29, 1.82) is 0 Å². The first-order chi connectivity index (χ1) is 13.1. The molecular weight excluding hydrogens is 362 g/mol. The Morgan fingerprint density at radius 2 is 2.11 bits per heavy atom. The molecule has 1 N–H and O–H groups in total. The van der Waals surface area contributed by atoms with E-state index in [4.69, 9.17) is 0 Å². The van der Waals surface area contributed by atoms with Crippen LogP contribution in [0.1, 0.15) is 55.7 Å². The van der Waals surface area contributed by atoms with E-state index >= 15 is 0 Å². The summed E-state index contributed by atoms with van der Waals surface area (Å²) in [6.07, 6.45) is 10.2. The third kappa shape index (κ3) is 4.05. The lowest BCUT2D eigenvalue weighted by Gasteiger charge is -2.32. The average molecular weight is 388 g/mol. The number of carbonyl (C=O) groups excluding carboxylic acids is 2. The lowest BCUT2D eigenvalue weighted by molar-refractivity contribution is -0.134. The second-order valence-corrected chi connectivity index (χ2v) is 8.47. The minimum Gasteiger partial charge on any atom is -0.337 e. The summed E-state index contributed by atoms with van der Waals surface area (Å²) in [5.41, 5.74) is 1.73. The summed E-state index contributed by atoms with van der Waals surface area (Å²) in [7, 11) is 1.85. The Morgan fingerprint density at radius 1 is 1.30 bits per heavy atom. The summed E-state index contributed by atoms with van der Waals surface area (Å²) >= 11 is 1.38. The van der Waals surface area contributed by atoms with Crippen LogP contribution in [-0.4, -0.2) is 38.0 Å². The lowest BCUT2D eigenvalue weighted by Crippen LogP contribution is -2.42. The van der Waals surface area contributed by atoms with Crippen LogP contribution >= 0.6 is 11.3 Å². The summed E-state index contributed by atoms with van der Waals surface area (Å²) in [6, 6.07) is 0. The van der Waals surface area contributed by atoms with E-state index < -0.39 is 5.92 Å². The van der Waals surface area contributed by atoms with Crippen LogP contribution in [0.15, 0.2) is 17.8 Å². The molecule has 7 nitrogen and oxygen atoms in total. The van der Waals surface area contributed by atoms with Gasteiger partial charge in [-0.1, -0.05) is 19.3 Å². The molecule has 3 heterocycles. The van der Waals surface area contributed by atoms with Gasteiger partial charge in [-0.3, -0.25) is 14.3 Å². The van der Waals surface area contributed by atoms with Gasteiger partial charge >= 0.3 is 0 Å². The van der Waals surface area contributed by atoms with Gasteiger partial charge in [-0.2, -0.15) is 5.10 Å². The molecule has 1 saturated carbocycles. The van der Waals surface area contributed by atoms with Gasteiger partial charge < -0.3 is 10.2 Å². The van der Waals surface area contributed by atoms with E-state index in [9.17, 15) is 9.59 Å². The summed E-state index contributed by atoms with van der Waals surface area (Å²) in [4.78, 5) is 31.8. The number of amides is 2. The number of aryl methyl sites for hydroxylation is 1. The van der Waals surface area contributed by atoms with E-state index in [1.807, 2.05) is 23.5 Å². The van der Waals surface area contributed by atoms with E-state index in [2.05, 4.69) is 15.4 Å². The zero-order valence-corrected chi connectivity index (χ0v) is 16.4. The van der Waals surface area contributed by atoms with Crippen LogP contribution in [0, 0.1) is 5.92 Å². The zero-order valence-electron chi connectivity index (χ0n) is 15.6. The molecule has 4 rings (SSSR count). The molecule has 2 aromatic heterocycles. The largest absolute Gasteiger partial charge is 0.337 e. The number of fused-ring (bicyclic) bond motifs is 1. The van der Waals surface area contributed by atoms with Crippen LogP contribution in [-0.2, 0) is 23.2 Å². The summed E-state index contributed by atoms with van der Waals surface area (Å²) in [6.45, 7) is 0.919. The number of aromatic nitrogens is 3. The molecule has 8 heteroatoms. The van der Waals surface area contributed by atoms with Gasteiger partial charge in [0.1, 0.15) is 5.92 Å². The Balaban J connectivity index is 1.50. The number of hydrogen-bond donors (Lipinski definition) is 1. The highest BCUT2D eigenvalue weighted by Crippen LogP contribution is 2.31. The highest BCUT2D eigenvalue weighted by atomic mass is 32.1. The predicted octanol–water partition coefficient (Wildman–Crippen LogP) is 2.91. The van der Waals surface area contributed by atoms with E-state index in [-0.39, 0.29) is 11.8 Å². The van der Waals surface area contributed by atoms with Gasteiger partial charge in [-0.15, -0.1) is 11.3 Å². The first kappa shape index (κ1) is 18.2. The van der Waals surface area contributed by atoms with Gasteiger partial charge in [0.25, 0.3) is 0 Å². The second kappa shape index (κ2) is 7.80. The molecule has 1 atom stereocenters. The van der Waals surface area contributed by atoms with Crippen molar-refractivity contribution in [1.82, 2.24) is 19.7 Å². The van der Waals surface area contributed by atoms with E-state index in [1.165, 1.54) is 30.6 Å². The topological polar surface area (TPSA) is 80.1 Å². The maximum absolute atomic E-state index is 12.9. The van der Waals surface area contributed by atoms with Crippen molar-refractivity contribution in [2.75, 3.05) is 11.9 Å². The molecule has 1 fully saturated rings. The van der Waals surface area contributed by atoms with E-state index in [0.29, 0.717) is 30.6 Å². The first-order valence-corrected chi connectivity index (χ1v) is 10.5. The fourth-order valence-electron chi connectivity index (χ4n) is 4.19. The van der Waals surface area contributed by atoms with Crippen molar-refractivity contribution in [3.63, 3.8) is 0 Å². The van der Waals surface area contributed by atoms with Crippen molar-refractivity contribution < 1.29 is 9.59 Å². The first-order valence-electron chi connectivity index (χ1n) is 9.60. The molecule has 0 spiro atoms. The number of rotatable bonds is 4. The molecule has 2 aliphatic rings. The second-order valence-electron chi connectivity index (χ2n) is 7.57. The van der Waals surface area contributed by atoms with Crippen LogP contribution in [0.5, 0.6) is 0 Å². The van der Waals surface area contributed by atoms with Gasteiger partial charge in [0, 0.05) is 49.9 Å². The lowest BCUT2D eigenvalue weighted by atomic mass is 9.86. The molecule has 1 aliphatic heterocycles. The fourth-order valence-corrected chi connectivity index (χ4v) is 4.72.